The first-order valence-electron chi connectivity index (χ1n) is 6.77. The van der Waals surface area contributed by atoms with E-state index >= 15 is 0 Å². The molecule has 2 heteroatoms. The first kappa shape index (κ1) is 16.6. The predicted octanol–water partition coefficient (Wildman–Crippen LogP) is 5.26. The first-order valence-corrected chi connectivity index (χ1v) is 6.77. The molecule has 0 atom stereocenters. The van der Waals surface area contributed by atoms with Gasteiger partial charge in [0.25, 0.3) is 0 Å². The summed E-state index contributed by atoms with van der Waals surface area (Å²) in [5, 5.41) is 8.15. The van der Waals surface area contributed by atoms with Crippen molar-refractivity contribution in [3.63, 3.8) is 0 Å². The molecule has 18 heavy (non-hydrogen) atoms. The zero-order valence-corrected chi connectivity index (χ0v) is 11.4. The van der Waals surface area contributed by atoms with E-state index in [4.69, 9.17) is 0 Å². The summed E-state index contributed by atoms with van der Waals surface area (Å²) in [6, 6.07) is 0. The van der Waals surface area contributed by atoms with E-state index in [1.54, 1.807) is 0 Å². The quantitative estimate of drug-likeness (QED) is 0.255. The lowest BCUT2D eigenvalue weighted by molar-refractivity contribution is 0.862. The second-order valence-electron chi connectivity index (χ2n) is 4.03. The Morgan fingerprint density at radius 1 is 0.611 bits per heavy atom. The third kappa shape index (κ3) is 14.6. The molecule has 0 aliphatic carbocycles. The van der Waals surface area contributed by atoms with Crippen LogP contribution in [0.1, 0.15) is 38.5 Å². The highest BCUT2D eigenvalue weighted by Crippen LogP contribution is 1.97. The van der Waals surface area contributed by atoms with Crippen molar-refractivity contribution in [1.82, 2.24) is 0 Å². The molecule has 0 radical (unpaired) electrons. The molecule has 0 rings (SSSR count). The van der Waals surface area contributed by atoms with Gasteiger partial charge < -0.3 is 0 Å². The molecular formula is C16H26N2. The lowest BCUT2D eigenvalue weighted by atomic mass is 10.2. The van der Waals surface area contributed by atoms with E-state index in [9.17, 15) is 0 Å². The summed E-state index contributed by atoms with van der Waals surface area (Å²) in [6.45, 7) is 8.77. The van der Waals surface area contributed by atoms with Crippen LogP contribution in [0.2, 0.25) is 0 Å². The van der Waals surface area contributed by atoms with Crippen molar-refractivity contribution in [1.29, 1.82) is 0 Å². The number of nitrogens with zero attached hydrogens (tertiary/aromatic N) is 2. The zero-order valence-electron chi connectivity index (χ0n) is 11.4. The van der Waals surface area contributed by atoms with Crippen LogP contribution >= 0.6 is 0 Å². The normalized spacial score (nSPS) is 11.8. The van der Waals surface area contributed by atoms with Crippen molar-refractivity contribution < 1.29 is 0 Å². The van der Waals surface area contributed by atoms with Crippen molar-refractivity contribution >= 4 is 0 Å². The van der Waals surface area contributed by atoms with E-state index in [1.165, 1.54) is 12.8 Å². The van der Waals surface area contributed by atoms with Crippen molar-refractivity contribution in [3.8, 4) is 0 Å². The Kier molecular flexibility index (Phi) is 14.3. The molecule has 0 aromatic heterocycles. The molecule has 0 aliphatic rings. The summed E-state index contributed by atoms with van der Waals surface area (Å²) in [7, 11) is 0. The highest BCUT2D eigenvalue weighted by molar-refractivity contribution is 4.86. The number of unbranched alkanes of at least 4 members (excludes halogenated alkanes) is 4. The van der Waals surface area contributed by atoms with Crippen LogP contribution in [-0.2, 0) is 0 Å². The molecule has 0 amide bonds. The van der Waals surface area contributed by atoms with Gasteiger partial charge in [0.05, 0.1) is 13.1 Å². The van der Waals surface area contributed by atoms with Crippen molar-refractivity contribution in [3.05, 3.63) is 49.6 Å². The van der Waals surface area contributed by atoms with Crippen LogP contribution < -0.4 is 0 Å². The van der Waals surface area contributed by atoms with Gasteiger partial charge in [0.2, 0.25) is 0 Å². The van der Waals surface area contributed by atoms with Crippen LogP contribution in [0.15, 0.2) is 59.8 Å². The Labute approximate surface area is 112 Å². The van der Waals surface area contributed by atoms with Crippen molar-refractivity contribution in [2.24, 2.45) is 10.2 Å². The van der Waals surface area contributed by atoms with Crippen LogP contribution in [-0.4, -0.2) is 13.1 Å². The average molecular weight is 246 g/mol. The highest BCUT2D eigenvalue weighted by atomic mass is 15.1. The van der Waals surface area contributed by atoms with E-state index in [0.717, 1.165) is 25.7 Å². The standard InChI is InChI=1S/C16H26N2/c1-3-5-7-9-11-13-15-17-18-16-14-12-10-8-6-4-2/h3-4,11-14H,1-2,5-10,15-16H2/b13-11+,14-12+,18-17?. The van der Waals surface area contributed by atoms with Crippen LogP contribution in [0.5, 0.6) is 0 Å². The van der Waals surface area contributed by atoms with Crippen molar-refractivity contribution in [2.45, 2.75) is 38.5 Å². The zero-order chi connectivity index (χ0) is 13.3. The molecular weight excluding hydrogens is 220 g/mol. The summed E-state index contributed by atoms with van der Waals surface area (Å²) in [6.07, 6.45) is 19.1. The summed E-state index contributed by atoms with van der Waals surface area (Å²) in [5.74, 6) is 0. The highest BCUT2D eigenvalue weighted by Gasteiger charge is 1.80. The van der Waals surface area contributed by atoms with Gasteiger partial charge in [0.15, 0.2) is 0 Å². The summed E-state index contributed by atoms with van der Waals surface area (Å²) >= 11 is 0. The summed E-state index contributed by atoms with van der Waals surface area (Å²) in [4.78, 5) is 0. The van der Waals surface area contributed by atoms with Crippen LogP contribution in [0.4, 0.5) is 0 Å². The SMILES string of the molecule is C=CCCC/C=C/CN=NC/C=C/CCCC=C. The lowest BCUT2D eigenvalue weighted by Crippen LogP contribution is -1.75. The van der Waals surface area contributed by atoms with E-state index < -0.39 is 0 Å². The number of azo groups is 1. The Morgan fingerprint density at radius 2 is 1.06 bits per heavy atom. The molecule has 0 aromatic carbocycles. The number of rotatable bonds is 12. The fraction of sp³-hybridized carbons (Fsp3) is 0.500. The fourth-order valence-corrected chi connectivity index (χ4v) is 1.35. The monoisotopic (exact) mass is 246 g/mol. The number of hydrogen-bond acceptors (Lipinski definition) is 2. The Hall–Kier alpha value is -1.44. The molecule has 100 valence electrons. The van der Waals surface area contributed by atoms with E-state index in [1.807, 2.05) is 12.2 Å². The summed E-state index contributed by atoms with van der Waals surface area (Å²) < 4.78 is 0. The molecule has 2 nitrogen and oxygen atoms in total. The van der Waals surface area contributed by atoms with Gasteiger partial charge in [-0.3, -0.25) is 0 Å². The first-order chi connectivity index (χ1) is 8.91. The molecule has 0 fully saturated rings. The Bertz CT molecular complexity index is 247. The van der Waals surface area contributed by atoms with Crippen LogP contribution in [0.3, 0.4) is 0 Å². The molecule has 0 heterocycles. The van der Waals surface area contributed by atoms with Gasteiger partial charge in [-0.05, 0) is 38.5 Å². The minimum Gasteiger partial charge on any atom is -0.190 e. The molecule has 0 N–H and O–H groups in total. The van der Waals surface area contributed by atoms with Crippen LogP contribution in [0.25, 0.3) is 0 Å². The molecule has 0 unspecified atom stereocenters. The Morgan fingerprint density at radius 3 is 1.44 bits per heavy atom. The molecule has 0 bridgehead atoms. The molecule has 0 aliphatic heterocycles. The average Bonchev–Trinajstić information content (AvgIpc) is 2.39. The smallest absolute Gasteiger partial charge is 0.0780 e. The van der Waals surface area contributed by atoms with Gasteiger partial charge in [0.1, 0.15) is 0 Å². The maximum atomic E-state index is 4.07. The molecule has 0 aromatic rings. The van der Waals surface area contributed by atoms with Gasteiger partial charge in [0, 0.05) is 0 Å². The van der Waals surface area contributed by atoms with Gasteiger partial charge in [-0.25, -0.2) is 0 Å². The number of hydrogen-bond donors (Lipinski definition) is 0. The second-order valence-corrected chi connectivity index (χ2v) is 4.03. The van der Waals surface area contributed by atoms with Gasteiger partial charge in [-0.2, -0.15) is 10.2 Å². The molecule has 0 saturated heterocycles. The van der Waals surface area contributed by atoms with Gasteiger partial charge in [-0.15, -0.1) is 13.2 Å². The van der Waals surface area contributed by atoms with E-state index in [2.05, 4.69) is 47.7 Å². The fourth-order valence-electron chi connectivity index (χ4n) is 1.35. The van der Waals surface area contributed by atoms with Gasteiger partial charge >= 0.3 is 0 Å². The lowest BCUT2D eigenvalue weighted by Gasteiger charge is -1.89. The third-order valence-electron chi connectivity index (χ3n) is 2.37. The van der Waals surface area contributed by atoms with Crippen LogP contribution in [0, 0.1) is 0 Å². The molecule has 0 spiro atoms. The molecule has 0 saturated carbocycles. The maximum absolute atomic E-state index is 4.07. The Balaban J connectivity index is 3.31. The number of allylic oxidation sites excluding steroid dienone is 4. The van der Waals surface area contributed by atoms with Gasteiger partial charge in [-0.1, -0.05) is 36.5 Å². The minimum atomic E-state index is 0.693. The van der Waals surface area contributed by atoms with Crippen molar-refractivity contribution in [2.75, 3.05) is 13.1 Å². The minimum absolute atomic E-state index is 0.693. The third-order valence-corrected chi connectivity index (χ3v) is 2.37. The largest absolute Gasteiger partial charge is 0.190 e. The van der Waals surface area contributed by atoms with E-state index in [-0.39, 0.29) is 0 Å². The predicted molar refractivity (Wildman–Crippen MR) is 81.0 cm³/mol. The maximum Gasteiger partial charge on any atom is 0.0780 e. The van der Waals surface area contributed by atoms with E-state index in [0.29, 0.717) is 13.1 Å². The summed E-state index contributed by atoms with van der Waals surface area (Å²) in [5.41, 5.74) is 0. The second kappa shape index (κ2) is 15.6. The topological polar surface area (TPSA) is 24.7 Å².